The fraction of sp³-hybridized carbons (Fsp3) is 0.261. The number of allylic oxidation sites excluding steroid dienone is 3. The second-order valence-electron chi connectivity index (χ2n) is 7.40. The first-order valence-corrected chi connectivity index (χ1v) is 12.8. The molecule has 1 heterocycles. The largest absolute Gasteiger partial charge is 0.251 e. The third-order valence-electron chi connectivity index (χ3n) is 5.16. The molecule has 2 unspecified atom stereocenters. The SMILES string of the molecule is CCCCNS(=O)(=O)c1ccc2c(c1)N=C(c1ccc(Cl)cc1)C1C=CC(F)=CC1S2. The lowest BCUT2D eigenvalue weighted by atomic mass is 9.90. The van der Waals surface area contributed by atoms with E-state index in [1.54, 1.807) is 36.4 Å². The zero-order valence-electron chi connectivity index (χ0n) is 16.9. The van der Waals surface area contributed by atoms with Crippen LogP contribution in [0.5, 0.6) is 0 Å². The molecule has 8 heteroatoms. The lowest BCUT2D eigenvalue weighted by Crippen LogP contribution is -2.24. The second kappa shape index (κ2) is 9.28. The maximum atomic E-state index is 14.0. The summed E-state index contributed by atoms with van der Waals surface area (Å²) in [4.78, 5) is 5.86. The molecule has 4 nitrogen and oxygen atoms in total. The smallest absolute Gasteiger partial charge is 0.240 e. The van der Waals surface area contributed by atoms with Gasteiger partial charge in [0.1, 0.15) is 5.83 Å². The summed E-state index contributed by atoms with van der Waals surface area (Å²) in [6.07, 6.45) is 6.53. The number of hydrogen-bond acceptors (Lipinski definition) is 4. The van der Waals surface area contributed by atoms with Crippen LogP contribution in [0.15, 0.2) is 81.3 Å². The number of unbranched alkanes of at least 4 members (excludes halogenated alkanes) is 1. The van der Waals surface area contributed by atoms with Crippen molar-refractivity contribution in [2.24, 2.45) is 10.9 Å². The van der Waals surface area contributed by atoms with Gasteiger partial charge >= 0.3 is 0 Å². The van der Waals surface area contributed by atoms with Crippen LogP contribution in [0.2, 0.25) is 5.02 Å². The maximum Gasteiger partial charge on any atom is 0.240 e. The normalized spacial score (nSPS) is 20.4. The first-order valence-electron chi connectivity index (χ1n) is 10.1. The van der Waals surface area contributed by atoms with Crippen LogP contribution in [-0.2, 0) is 10.0 Å². The molecule has 0 bridgehead atoms. The molecule has 0 radical (unpaired) electrons. The predicted octanol–water partition coefficient (Wildman–Crippen LogP) is 6.05. The molecule has 2 atom stereocenters. The molecular formula is C23H22ClFN2O2S2. The second-order valence-corrected chi connectivity index (χ2v) is 10.8. The first-order chi connectivity index (χ1) is 14.9. The van der Waals surface area contributed by atoms with Gasteiger partial charge in [-0.05, 0) is 54.5 Å². The van der Waals surface area contributed by atoms with E-state index in [0.29, 0.717) is 17.3 Å². The van der Waals surface area contributed by atoms with Crippen LogP contribution in [0.4, 0.5) is 10.1 Å². The summed E-state index contributed by atoms with van der Waals surface area (Å²) in [5, 5.41) is 0.423. The molecule has 0 fully saturated rings. The third-order valence-corrected chi connectivity index (χ3v) is 8.17. The van der Waals surface area contributed by atoms with Gasteiger partial charge in [0.05, 0.1) is 16.3 Å². The molecule has 0 aromatic heterocycles. The fourth-order valence-electron chi connectivity index (χ4n) is 3.52. The number of nitrogens with one attached hydrogen (secondary N) is 1. The summed E-state index contributed by atoms with van der Waals surface area (Å²) in [6, 6.07) is 12.3. The molecule has 2 aromatic rings. The van der Waals surface area contributed by atoms with Crippen LogP contribution in [0.3, 0.4) is 0 Å². The van der Waals surface area contributed by atoms with Crippen molar-refractivity contribution in [3.63, 3.8) is 0 Å². The number of halogens is 2. The van der Waals surface area contributed by atoms with Crippen LogP contribution in [0.1, 0.15) is 25.3 Å². The molecule has 162 valence electrons. The Morgan fingerprint density at radius 1 is 1.19 bits per heavy atom. The fourth-order valence-corrected chi connectivity index (χ4v) is 5.97. The van der Waals surface area contributed by atoms with Gasteiger partial charge in [0.25, 0.3) is 0 Å². The van der Waals surface area contributed by atoms with Gasteiger partial charge in [-0.15, -0.1) is 11.8 Å². The zero-order valence-corrected chi connectivity index (χ0v) is 19.3. The van der Waals surface area contributed by atoms with Crippen LogP contribution in [0, 0.1) is 5.92 Å². The highest BCUT2D eigenvalue weighted by atomic mass is 35.5. The van der Waals surface area contributed by atoms with Crippen molar-refractivity contribution in [2.45, 2.75) is 34.8 Å². The highest BCUT2D eigenvalue weighted by Gasteiger charge is 2.31. The molecule has 0 spiro atoms. The van der Waals surface area contributed by atoms with Crippen molar-refractivity contribution >= 4 is 44.8 Å². The summed E-state index contributed by atoms with van der Waals surface area (Å²) < 4.78 is 42.1. The van der Waals surface area contributed by atoms with Crippen molar-refractivity contribution in [1.29, 1.82) is 0 Å². The van der Waals surface area contributed by atoms with Crippen LogP contribution >= 0.6 is 23.4 Å². The van der Waals surface area contributed by atoms with Gasteiger partial charge in [-0.3, -0.25) is 4.99 Å². The van der Waals surface area contributed by atoms with E-state index < -0.39 is 10.0 Å². The van der Waals surface area contributed by atoms with Crippen LogP contribution < -0.4 is 4.72 Å². The Bertz CT molecular complexity index is 1170. The number of hydrogen-bond donors (Lipinski definition) is 1. The Morgan fingerprint density at radius 3 is 2.71 bits per heavy atom. The van der Waals surface area contributed by atoms with Crippen molar-refractivity contribution in [3.05, 3.63) is 77.1 Å². The molecule has 0 amide bonds. The predicted molar refractivity (Wildman–Crippen MR) is 126 cm³/mol. The minimum atomic E-state index is -3.63. The summed E-state index contributed by atoms with van der Waals surface area (Å²) in [5.74, 6) is -0.437. The molecule has 0 saturated carbocycles. The van der Waals surface area contributed by atoms with Crippen molar-refractivity contribution in [3.8, 4) is 0 Å². The van der Waals surface area contributed by atoms with Gasteiger partial charge in [-0.2, -0.15) is 0 Å². The Balaban J connectivity index is 1.80. The number of aliphatic imine (C=N–C) groups is 1. The molecule has 1 aliphatic heterocycles. The molecule has 0 saturated heterocycles. The van der Waals surface area contributed by atoms with Crippen molar-refractivity contribution in [2.75, 3.05) is 6.54 Å². The Kier molecular flexibility index (Phi) is 6.67. The summed E-state index contributed by atoms with van der Waals surface area (Å²) in [6.45, 7) is 2.40. The Hall–Kier alpha value is -1.93. The van der Waals surface area contributed by atoms with E-state index in [1.165, 1.54) is 17.8 Å². The number of nitrogens with zero attached hydrogens (tertiary/aromatic N) is 1. The van der Waals surface area contributed by atoms with Crippen molar-refractivity contribution in [1.82, 2.24) is 4.72 Å². The van der Waals surface area contributed by atoms with Gasteiger partial charge in [0, 0.05) is 27.6 Å². The summed E-state index contributed by atoms with van der Waals surface area (Å²) in [5.41, 5.74) is 2.17. The molecule has 2 aliphatic rings. The van der Waals surface area contributed by atoms with Crippen molar-refractivity contribution < 1.29 is 12.8 Å². The van der Waals surface area contributed by atoms with E-state index in [-0.39, 0.29) is 21.9 Å². The monoisotopic (exact) mass is 476 g/mol. The molecule has 31 heavy (non-hydrogen) atoms. The van der Waals surface area contributed by atoms with Gasteiger partial charge in [-0.25, -0.2) is 17.5 Å². The van der Waals surface area contributed by atoms with Crippen LogP contribution in [0.25, 0.3) is 0 Å². The topological polar surface area (TPSA) is 58.5 Å². The van der Waals surface area contributed by atoms with Crippen LogP contribution in [-0.4, -0.2) is 25.9 Å². The van der Waals surface area contributed by atoms with E-state index >= 15 is 0 Å². The molecule has 2 aromatic carbocycles. The Morgan fingerprint density at radius 2 is 1.97 bits per heavy atom. The zero-order chi connectivity index (χ0) is 22.0. The average Bonchev–Trinajstić information content (AvgIpc) is 2.90. The van der Waals surface area contributed by atoms with Gasteiger partial charge < -0.3 is 0 Å². The molecular weight excluding hydrogens is 455 g/mol. The maximum absolute atomic E-state index is 14.0. The minimum absolute atomic E-state index is 0.152. The molecule has 1 N–H and O–H groups in total. The number of fused-ring (bicyclic) bond motifs is 2. The molecule has 1 aliphatic carbocycles. The number of benzene rings is 2. The lowest BCUT2D eigenvalue weighted by Gasteiger charge is -2.23. The quantitative estimate of drug-likeness (QED) is 0.516. The average molecular weight is 477 g/mol. The highest BCUT2D eigenvalue weighted by Crippen LogP contribution is 2.44. The number of sulfonamides is 1. The highest BCUT2D eigenvalue weighted by molar-refractivity contribution is 8.00. The van der Waals surface area contributed by atoms with E-state index in [1.807, 2.05) is 25.1 Å². The van der Waals surface area contributed by atoms with Gasteiger partial charge in [0.15, 0.2) is 0 Å². The lowest BCUT2D eigenvalue weighted by molar-refractivity contribution is 0.578. The van der Waals surface area contributed by atoms with E-state index in [9.17, 15) is 12.8 Å². The first kappa shape index (κ1) is 22.3. The summed E-state index contributed by atoms with van der Waals surface area (Å²) >= 11 is 7.54. The van der Waals surface area contributed by atoms with Gasteiger partial charge in [-0.1, -0.05) is 43.2 Å². The standard InChI is InChI=1S/C23H22ClFN2O2S2/c1-2-3-12-26-31(28,29)18-9-11-21-20(14-18)27-23(15-4-6-16(24)7-5-15)19-10-8-17(25)13-22(19)30-21/h4-11,13-14,19,22,26H,2-3,12H2,1H3. The summed E-state index contributed by atoms with van der Waals surface area (Å²) in [7, 11) is -3.63. The number of thioether (sulfide) groups is 1. The number of rotatable bonds is 6. The minimum Gasteiger partial charge on any atom is -0.251 e. The van der Waals surface area contributed by atoms with E-state index in [4.69, 9.17) is 16.6 Å². The third kappa shape index (κ3) is 4.95. The molecule has 4 rings (SSSR count). The van der Waals surface area contributed by atoms with Gasteiger partial charge in [0.2, 0.25) is 10.0 Å². The Labute approximate surface area is 191 Å². The van der Waals surface area contributed by atoms with E-state index in [0.717, 1.165) is 29.0 Å². The van der Waals surface area contributed by atoms with E-state index in [2.05, 4.69) is 4.72 Å².